The summed E-state index contributed by atoms with van der Waals surface area (Å²) in [5, 5.41) is 6.29. The van der Waals surface area contributed by atoms with Gasteiger partial charge in [0.1, 0.15) is 0 Å². The normalized spacial score (nSPS) is 12.8. The van der Waals surface area contributed by atoms with Crippen LogP contribution in [-0.4, -0.2) is 25.2 Å². The smallest absolute Gasteiger partial charge is 0.196 e. The molecular formula is C19H21N3O2. The number of nitrogens with two attached hydrogens (primary N) is 1. The van der Waals surface area contributed by atoms with E-state index in [1.165, 1.54) is 0 Å². The van der Waals surface area contributed by atoms with E-state index < -0.39 is 0 Å². The number of fused-ring (bicyclic) bond motifs is 2. The number of carbonyl (C=O) groups excluding carboxylic acids is 2. The zero-order valence-corrected chi connectivity index (χ0v) is 14.1. The Morgan fingerprint density at radius 1 is 1.00 bits per heavy atom. The van der Waals surface area contributed by atoms with Gasteiger partial charge in [-0.3, -0.25) is 9.59 Å². The van der Waals surface area contributed by atoms with Gasteiger partial charge in [0.2, 0.25) is 0 Å². The van der Waals surface area contributed by atoms with E-state index in [1.807, 2.05) is 0 Å². The van der Waals surface area contributed by atoms with Crippen LogP contribution in [0.15, 0.2) is 30.3 Å². The molecule has 1 aliphatic carbocycles. The highest BCUT2D eigenvalue weighted by Gasteiger charge is 2.34. The topological polar surface area (TPSA) is 84.2 Å². The molecule has 0 unspecified atom stereocenters. The van der Waals surface area contributed by atoms with E-state index in [1.54, 1.807) is 37.4 Å². The van der Waals surface area contributed by atoms with Crippen molar-refractivity contribution in [3.8, 4) is 0 Å². The Hall–Kier alpha value is -2.82. The highest BCUT2D eigenvalue weighted by Crippen LogP contribution is 2.39. The van der Waals surface area contributed by atoms with Crippen LogP contribution in [0.3, 0.4) is 0 Å². The van der Waals surface area contributed by atoms with Crippen molar-refractivity contribution in [3.63, 3.8) is 0 Å². The predicted octanol–water partition coefficient (Wildman–Crippen LogP) is 3.15. The Morgan fingerprint density at radius 2 is 1.58 bits per heavy atom. The summed E-state index contributed by atoms with van der Waals surface area (Å²) < 4.78 is 0. The van der Waals surface area contributed by atoms with Crippen molar-refractivity contribution in [1.29, 1.82) is 0 Å². The zero-order chi connectivity index (χ0) is 17.4. The molecule has 4 N–H and O–H groups in total. The van der Waals surface area contributed by atoms with Gasteiger partial charge in [0.05, 0.1) is 22.5 Å². The van der Waals surface area contributed by atoms with Crippen LogP contribution < -0.4 is 16.4 Å². The van der Waals surface area contributed by atoms with Gasteiger partial charge in [0.25, 0.3) is 0 Å². The number of hydrogen-bond acceptors (Lipinski definition) is 5. The van der Waals surface area contributed by atoms with Crippen molar-refractivity contribution in [2.45, 2.75) is 13.8 Å². The highest BCUT2D eigenvalue weighted by molar-refractivity contribution is 6.32. The first kappa shape index (κ1) is 16.1. The van der Waals surface area contributed by atoms with E-state index in [4.69, 9.17) is 5.73 Å². The number of carbonyl (C=O) groups is 2. The zero-order valence-electron chi connectivity index (χ0n) is 14.1. The van der Waals surface area contributed by atoms with Crippen LogP contribution >= 0.6 is 0 Å². The summed E-state index contributed by atoms with van der Waals surface area (Å²) in [6.45, 7) is 4.90. The molecule has 2 aromatic rings. The van der Waals surface area contributed by atoms with Gasteiger partial charge in [0, 0.05) is 30.4 Å². The monoisotopic (exact) mass is 323 g/mol. The average molecular weight is 323 g/mol. The number of rotatable bonds is 4. The fourth-order valence-corrected chi connectivity index (χ4v) is 2.98. The minimum Gasteiger partial charge on any atom is -0.396 e. The summed E-state index contributed by atoms with van der Waals surface area (Å²) in [6, 6.07) is 8.67. The molecule has 124 valence electrons. The van der Waals surface area contributed by atoms with Gasteiger partial charge in [-0.05, 0) is 12.0 Å². The summed E-state index contributed by atoms with van der Waals surface area (Å²) in [5.41, 5.74) is 9.35. The summed E-state index contributed by atoms with van der Waals surface area (Å²) in [4.78, 5) is 25.8. The van der Waals surface area contributed by atoms with Crippen LogP contribution in [0.25, 0.3) is 0 Å². The van der Waals surface area contributed by atoms with E-state index in [2.05, 4.69) is 24.5 Å². The molecule has 0 saturated heterocycles. The van der Waals surface area contributed by atoms with E-state index >= 15 is 0 Å². The number of benzene rings is 2. The number of anilines is 3. The minimum absolute atomic E-state index is 0.174. The molecule has 24 heavy (non-hydrogen) atoms. The van der Waals surface area contributed by atoms with Crippen LogP contribution in [0.2, 0.25) is 0 Å². The molecule has 0 fully saturated rings. The Kier molecular flexibility index (Phi) is 4.01. The molecule has 0 saturated carbocycles. The van der Waals surface area contributed by atoms with E-state index in [0.29, 0.717) is 39.7 Å². The first-order valence-electron chi connectivity index (χ1n) is 8.02. The molecule has 0 aliphatic heterocycles. The lowest BCUT2D eigenvalue weighted by atomic mass is 9.82. The van der Waals surface area contributed by atoms with Gasteiger partial charge >= 0.3 is 0 Å². The third-order valence-corrected chi connectivity index (χ3v) is 4.21. The summed E-state index contributed by atoms with van der Waals surface area (Å²) >= 11 is 0. The molecule has 5 heteroatoms. The maximum Gasteiger partial charge on any atom is 0.196 e. The fraction of sp³-hybridized carbons (Fsp3) is 0.263. The number of nitrogen functional groups attached to an aromatic ring is 1. The number of hydrogen-bond donors (Lipinski definition) is 3. The standard InChI is InChI=1S/C19H21N3O2/c1-10(2)9-22-14-8-13(21-3)15-16(17(14)20)19(24)12-7-5-4-6-11(12)18(15)23/h4-8,10,21-22H,9,20H2,1-3H3. The van der Waals surface area contributed by atoms with Gasteiger partial charge in [-0.1, -0.05) is 38.1 Å². The Bertz CT molecular complexity index is 841. The molecular weight excluding hydrogens is 302 g/mol. The fourth-order valence-electron chi connectivity index (χ4n) is 2.98. The van der Waals surface area contributed by atoms with Crippen LogP contribution in [0.5, 0.6) is 0 Å². The van der Waals surface area contributed by atoms with Gasteiger partial charge in [-0.15, -0.1) is 0 Å². The Balaban J connectivity index is 2.22. The van der Waals surface area contributed by atoms with E-state index in [-0.39, 0.29) is 17.1 Å². The molecule has 1 aliphatic rings. The second-order valence-electron chi connectivity index (χ2n) is 6.36. The lowest BCUT2D eigenvalue weighted by Crippen LogP contribution is -2.24. The molecule has 0 amide bonds. The van der Waals surface area contributed by atoms with E-state index in [9.17, 15) is 9.59 Å². The largest absolute Gasteiger partial charge is 0.396 e. The van der Waals surface area contributed by atoms with Crippen molar-refractivity contribution >= 4 is 28.6 Å². The first-order chi connectivity index (χ1) is 11.5. The highest BCUT2D eigenvalue weighted by atomic mass is 16.1. The number of nitrogens with one attached hydrogen (secondary N) is 2. The molecule has 0 aromatic heterocycles. The van der Waals surface area contributed by atoms with Gasteiger partial charge < -0.3 is 16.4 Å². The van der Waals surface area contributed by atoms with Crippen LogP contribution in [0.4, 0.5) is 17.1 Å². The lowest BCUT2D eigenvalue weighted by molar-refractivity contribution is 0.0980. The maximum atomic E-state index is 12.9. The third-order valence-electron chi connectivity index (χ3n) is 4.21. The molecule has 3 rings (SSSR count). The van der Waals surface area contributed by atoms with Crippen molar-refractivity contribution in [3.05, 3.63) is 52.6 Å². The SMILES string of the molecule is CNc1cc(NCC(C)C)c(N)c2c1C(=O)c1ccccc1C2=O. The van der Waals surface area contributed by atoms with Crippen LogP contribution in [-0.2, 0) is 0 Å². The van der Waals surface area contributed by atoms with Gasteiger partial charge in [-0.2, -0.15) is 0 Å². The first-order valence-corrected chi connectivity index (χ1v) is 8.02. The van der Waals surface area contributed by atoms with E-state index in [0.717, 1.165) is 6.54 Å². The van der Waals surface area contributed by atoms with Crippen LogP contribution in [0, 0.1) is 5.92 Å². The second kappa shape index (κ2) is 6.00. The maximum absolute atomic E-state index is 12.9. The third kappa shape index (κ3) is 2.42. The predicted molar refractivity (Wildman–Crippen MR) is 97.0 cm³/mol. The van der Waals surface area contributed by atoms with Crippen molar-refractivity contribution in [2.75, 3.05) is 30.0 Å². The Labute approximate surface area is 141 Å². The van der Waals surface area contributed by atoms with Gasteiger partial charge in [-0.25, -0.2) is 0 Å². The summed E-state index contributed by atoms with van der Waals surface area (Å²) in [5.74, 6) is 0.0468. The quantitative estimate of drug-likeness (QED) is 0.642. The van der Waals surface area contributed by atoms with Gasteiger partial charge in [0.15, 0.2) is 11.6 Å². The lowest BCUT2D eigenvalue weighted by Gasteiger charge is -2.24. The minimum atomic E-state index is -0.206. The van der Waals surface area contributed by atoms with Crippen molar-refractivity contribution in [1.82, 2.24) is 0 Å². The molecule has 2 aromatic carbocycles. The molecule has 5 nitrogen and oxygen atoms in total. The summed E-state index contributed by atoms with van der Waals surface area (Å²) in [7, 11) is 1.73. The van der Waals surface area contributed by atoms with Crippen LogP contribution in [0.1, 0.15) is 45.7 Å². The molecule has 0 bridgehead atoms. The molecule has 0 heterocycles. The van der Waals surface area contributed by atoms with Crippen molar-refractivity contribution < 1.29 is 9.59 Å². The van der Waals surface area contributed by atoms with Crippen molar-refractivity contribution in [2.24, 2.45) is 5.92 Å². The molecule has 0 atom stereocenters. The average Bonchev–Trinajstić information content (AvgIpc) is 2.58. The molecule has 0 radical (unpaired) electrons. The second-order valence-corrected chi connectivity index (χ2v) is 6.36. The Morgan fingerprint density at radius 3 is 2.12 bits per heavy atom. The summed E-state index contributed by atoms with van der Waals surface area (Å²) in [6.07, 6.45) is 0. The number of ketones is 2. The molecule has 0 spiro atoms.